The molecule has 0 radical (unpaired) electrons. The minimum Gasteiger partial charge on any atom is -0.490 e. The number of rotatable bonds is 4. The Hall–Kier alpha value is -1.95. The first-order valence-corrected chi connectivity index (χ1v) is 9.07. The van der Waals surface area contributed by atoms with E-state index >= 15 is 0 Å². The third-order valence-electron chi connectivity index (χ3n) is 5.12. The Kier molecular flexibility index (Phi) is 5.68. The highest BCUT2D eigenvalue weighted by atomic mass is 16.5. The number of ether oxygens (including phenoxy) is 3. The number of methoxy groups -OCH3 is 1. The summed E-state index contributed by atoms with van der Waals surface area (Å²) in [6, 6.07) is 5.75. The predicted octanol–water partition coefficient (Wildman–Crippen LogP) is 3.17. The molecule has 1 aromatic carbocycles. The monoisotopic (exact) mass is 347 g/mol. The molecule has 0 spiro atoms. The maximum atomic E-state index is 6.08. The van der Waals surface area contributed by atoms with E-state index in [4.69, 9.17) is 19.9 Å². The summed E-state index contributed by atoms with van der Waals surface area (Å²) in [7, 11) is 1.79. The molecule has 1 saturated carbocycles. The van der Waals surface area contributed by atoms with Gasteiger partial charge >= 0.3 is 0 Å². The summed E-state index contributed by atoms with van der Waals surface area (Å²) in [4.78, 5) is 4.57. The van der Waals surface area contributed by atoms with Crippen LogP contribution in [0.2, 0.25) is 0 Å². The molecule has 0 atom stereocenters. The zero-order chi connectivity index (χ0) is 17.7. The topological polar surface area (TPSA) is 78.1 Å². The zero-order valence-corrected chi connectivity index (χ0v) is 15.2. The molecule has 1 aliphatic carbocycles. The minimum absolute atomic E-state index is 0.200. The van der Waals surface area contributed by atoms with Crippen LogP contribution >= 0.6 is 0 Å². The third kappa shape index (κ3) is 4.78. The van der Waals surface area contributed by atoms with Gasteiger partial charge < -0.3 is 25.3 Å². The van der Waals surface area contributed by atoms with Gasteiger partial charge in [-0.05, 0) is 43.2 Å². The van der Waals surface area contributed by atoms with Crippen LogP contribution in [0.15, 0.2) is 23.2 Å². The number of nitrogens with two attached hydrogens (primary N) is 1. The van der Waals surface area contributed by atoms with Crippen LogP contribution in [-0.2, 0) is 4.74 Å². The number of nitrogens with zero attached hydrogens (tertiary/aromatic N) is 1. The number of benzene rings is 1. The van der Waals surface area contributed by atoms with Crippen LogP contribution < -0.4 is 20.5 Å². The molecule has 3 N–H and O–H groups in total. The molecule has 6 nitrogen and oxygen atoms in total. The van der Waals surface area contributed by atoms with Crippen LogP contribution in [-0.4, -0.2) is 38.9 Å². The largest absolute Gasteiger partial charge is 0.490 e. The van der Waals surface area contributed by atoms with Gasteiger partial charge in [0.05, 0.1) is 19.3 Å². The fraction of sp³-hybridized carbons (Fsp3) is 0.632. The maximum absolute atomic E-state index is 6.08. The molecular weight excluding hydrogens is 318 g/mol. The molecule has 1 aromatic rings. The highest BCUT2D eigenvalue weighted by molar-refractivity contribution is 5.92. The highest BCUT2D eigenvalue weighted by Crippen LogP contribution is 2.37. The van der Waals surface area contributed by atoms with Crippen molar-refractivity contribution >= 4 is 11.6 Å². The van der Waals surface area contributed by atoms with Crippen LogP contribution in [0, 0.1) is 5.41 Å². The van der Waals surface area contributed by atoms with E-state index in [0.717, 1.165) is 55.8 Å². The van der Waals surface area contributed by atoms with Gasteiger partial charge in [-0.25, -0.2) is 0 Å². The first-order chi connectivity index (χ1) is 12.1. The molecule has 0 bridgehead atoms. The van der Waals surface area contributed by atoms with Gasteiger partial charge in [0.1, 0.15) is 0 Å². The van der Waals surface area contributed by atoms with Crippen molar-refractivity contribution in [2.24, 2.45) is 16.1 Å². The molecule has 138 valence electrons. The lowest BCUT2D eigenvalue weighted by atomic mass is 9.75. The lowest BCUT2D eigenvalue weighted by Gasteiger charge is -2.35. The zero-order valence-electron chi connectivity index (χ0n) is 15.2. The molecular formula is C19H29N3O3. The van der Waals surface area contributed by atoms with Crippen molar-refractivity contribution in [3.8, 4) is 11.5 Å². The molecule has 2 aliphatic rings. The molecule has 1 heterocycles. The third-order valence-corrected chi connectivity index (χ3v) is 5.12. The van der Waals surface area contributed by atoms with E-state index in [9.17, 15) is 0 Å². The van der Waals surface area contributed by atoms with E-state index in [1.54, 1.807) is 7.11 Å². The van der Waals surface area contributed by atoms with Crippen molar-refractivity contribution in [1.29, 1.82) is 0 Å². The van der Waals surface area contributed by atoms with Gasteiger partial charge in [0.25, 0.3) is 0 Å². The molecule has 0 aromatic heterocycles. The van der Waals surface area contributed by atoms with Gasteiger partial charge in [-0.3, -0.25) is 4.99 Å². The van der Waals surface area contributed by atoms with Crippen LogP contribution in [0.3, 0.4) is 0 Å². The average Bonchev–Trinajstić information content (AvgIpc) is 2.86. The summed E-state index contributed by atoms with van der Waals surface area (Å²) in [5.74, 6) is 1.96. The highest BCUT2D eigenvalue weighted by Gasteiger charge is 2.30. The Labute approximate surface area is 149 Å². The fourth-order valence-corrected chi connectivity index (χ4v) is 3.39. The van der Waals surface area contributed by atoms with Crippen LogP contribution in [0.1, 0.15) is 39.0 Å². The van der Waals surface area contributed by atoms with Crippen molar-refractivity contribution in [2.75, 3.05) is 32.2 Å². The predicted molar refractivity (Wildman–Crippen MR) is 99.5 cm³/mol. The molecule has 6 heteroatoms. The number of fused-ring (bicyclic) bond motifs is 1. The van der Waals surface area contributed by atoms with Crippen molar-refractivity contribution in [1.82, 2.24) is 0 Å². The van der Waals surface area contributed by atoms with Crippen molar-refractivity contribution in [2.45, 2.75) is 45.1 Å². The first-order valence-electron chi connectivity index (χ1n) is 9.07. The Morgan fingerprint density at radius 1 is 1.28 bits per heavy atom. The smallest absolute Gasteiger partial charge is 0.193 e. The first kappa shape index (κ1) is 17.9. The van der Waals surface area contributed by atoms with Crippen molar-refractivity contribution in [3.63, 3.8) is 0 Å². The summed E-state index contributed by atoms with van der Waals surface area (Å²) < 4.78 is 16.8. The Morgan fingerprint density at radius 3 is 2.72 bits per heavy atom. The summed E-state index contributed by atoms with van der Waals surface area (Å²) in [5, 5.41) is 3.16. The maximum Gasteiger partial charge on any atom is 0.193 e. The summed E-state index contributed by atoms with van der Waals surface area (Å²) >= 11 is 0. The molecule has 0 unspecified atom stereocenters. The van der Waals surface area contributed by atoms with E-state index in [2.05, 4.69) is 17.2 Å². The van der Waals surface area contributed by atoms with Crippen LogP contribution in [0.25, 0.3) is 0 Å². The van der Waals surface area contributed by atoms with Gasteiger partial charge in [0.2, 0.25) is 0 Å². The van der Waals surface area contributed by atoms with E-state index in [1.807, 2.05) is 18.2 Å². The molecule has 25 heavy (non-hydrogen) atoms. The quantitative estimate of drug-likeness (QED) is 0.646. The van der Waals surface area contributed by atoms with Crippen LogP contribution in [0.4, 0.5) is 5.69 Å². The number of aliphatic imine (C=N–C) groups is 1. The van der Waals surface area contributed by atoms with Crippen LogP contribution in [0.5, 0.6) is 11.5 Å². The summed E-state index contributed by atoms with van der Waals surface area (Å²) in [6.07, 6.45) is 5.72. The second-order valence-electron chi connectivity index (χ2n) is 7.28. The van der Waals surface area contributed by atoms with Crippen molar-refractivity contribution < 1.29 is 14.2 Å². The Bertz CT molecular complexity index is 610. The van der Waals surface area contributed by atoms with Gasteiger partial charge in [-0.1, -0.05) is 6.92 Å². The lowest BCUT2D eigenvalue weighted by molar-refractivity contribution is 0.0353. The lowest BCUT2D eigenvalue weighted by Crippen LogP contribution is -2.32. The van der Waals surface area contributed by atoms with E-state index in [1.165, 1.54) is 0 Å². The van der Waals surface area contributed by atoms with Gasteiger partial charge in [0, 0.05) is 31.8 Å². The second-order valence-corrected chi connectivity index (χ2v) is 7.28. The minimum atomic E-state index is 0.200. The Balaban J connectivity index is 1.57. The number of guanidine groups is 1. The van der Waals surface area contributed by atoms with E-state index < -0.39 is 0 Å². The number of nitrogens with one attached hydrogen (secondary N) is 1. The van der Waals surface area contributed by atoms with E-state index in [0.29, 0.717) is 25.3 Å². The van der Waals surface area contributed by atoms with E-state index in [-0.39, 0.29) is 5.41 Å². The molecule has 0 amide bonds. The Morgan fingerprint density at radius 2 is 2.00 bits per heavy atom. The fourth-order valence-electron chi connectivity index (χ4n) is 3.39. The van der Waals surface area contributed by atoms with Gasteiger partial charge in [0.15, 0.2) is 17.5 Å². The SMILES string of the molecule is COC1CCC(C)(CN=C(N)Nc2ccc3c(c2)OCCCO3)CC1. The summed E-state index contributed by atoms with van der Waals surface area (Å²) in [6.45, 7) is 4.36. The average molecular weight is 347 g/mol. The second kappa shape index (κ2) is 7.95. The normalized spacial score (nSPS) is 26.8. The molecule has 1 aliphatic heterocycles. The molecule has 3 rings (SSSR count). The number of anilines is 1. The standard InChI is InChI=1S/C19H29N3O3/c1-19(8-6-15(23-2)7-9-19)13-21-18(20)22-14-4-5-16-17(12-14)25-11-3-10-24-16/h4-5,12,15H,3,6-11,13H2,1-2H3,(H3,20,21,22). The molecule has 0 saturated heterocycles. The number of hydrogen-bond acceptors (Lipinski definition) is 4. The van der Waals surface area contributed by atoms with Crippen molar-refractivity contribution in [3.05, 3.63) is 18.2 Å². The molecule has 1 fully saturated rings. The summed E-state index contributed by atoms with van der Waals surface area (Å²) in [5.41, 5.74) is 7.14. The number of hydrogen-bond donors (Lipinski definition) is 2. The van der Waals surface area contributed by atoms with Gasteiger partial charge in [-0.15, -0.1) is 0 Å². The van der Waals surface area contributed by atoms with Gasteiger partial charge in [-0.2, -0.15) is 0 Å².